The summed E-state index contributed by atoms with van der Waals surface area (Å²) in [4.78, 5) is 14.9. The first-order valence-corrected chi connectivity index (χ1v) is 6.98. The monoisotopic (exact) mass is 293 g/mol. The third-order valence-electron chi connectivity index (χ3n) is 3.41. The number of fused-ring (bicyclic) bond motifs is 1. The molecule has 0 aliphatic carbocycles. The van der Waals surface area contributed by atoms with Gasteiger partial charge in [-0.3, -0.25) is 4.98 Å². The highest BCUT2D eigenvalue weighted by Crippen LogP contribution is 2.20. The molecule has 0 spiro atoms. The molecule has 4 heteroatoms. The Bertz CT molecular complexity index is 792. The van der Waals surface area contributed by atoms with E-state index in [9.17, 15) is 4.79 Å². The fraction of sp³-hybridized carbons (Fsp3) is 0.111. The fourth-order valence-corrected chi connectivity index (χ4v) is 2.37. The van der Waals surface area contributed by atoms with Gasteiger partial charge in [-0.05, 0) is 29.1 Å². The van der Waals surface area contributed by atoms with Crippen molar-refractivity contribution in [1.29, 1.82) is 0 Å². The summed E-state index contributed by atoms with van der Waals surface area (Å²) >= 11 is 0. The van der Waals surface area contributed by atoms with Crippen LogP contribution in [0.25, 0.3) is 10.8 Å². The molecule has 4 nitrogen and oxygen atoms in total. The minimum absolute atomic E-state index is 0.329. The minimum atomic E-state index is -0.982. The number of carboxylic acids is 1. The first-order valence-electron chi connectivity index (χ1n) is 6.98. The van der Waals surface area contributed by atoms with Gasteiger partial charge in [-0.2, -0.15) is 0 Å². The second-order valence-electron chi connectivity index (χ2n) is 4.98. The zero-order valence-electron chi connectivity index (χ0n) is 11.9. The Labute approximate surface area is 128 Å². The van der Waals surface area contributed by atoms with Crippen LogP contribution in [0.2, 0.25) is 0 Å². The molecular weight excluding hydrogens is 278 g/mol. The molecule has 0 aliphatic rings. The number of aromatic nitrogens is 1. The first-order chi connectivity index (χ1) is 10.7. The minimum Gasteiger partial charge on any atom is -0.482 e. The number of benzene rings is 2. The van der Waals surface area contributed by atoms with E-state index in [4.69, 9.17) is 9.84 Å². The summed E-state index contributed by atoms with van der Waals surface area (Å²) in [5.41, 5.74) is 2.13. The van der Waals surface area contributed by atoms with Crippen molar-refractivity contribution in [2.24, 2.45) is 0 Å². The predicted octanol–water partition coefficient (Wildman–Crippen LogP) is 3.29. The van der Waals surface area contributed by atoms with E-state index in [-0.39, 0.29) is 6.61 Å². The first kappa shape index (κ1) is 14.1. The molecule has 2 aromatic carbocycles. The van der Waals surface area contributed by atoms with Gasteiger partial charge in [0.1, 0.15) is 5.75 Å². The average molecular weight is 293 g/mol. The highest BCUT2D eigenvalue weighted by Gasteiger charge is 2.04. The van der Waals surface area contributed by atoms with Gasteiger partial charge in [0.05, 0.1) is 5.69 Å². The Hall–Kier alpha value is -2.88. The van der Waals surface area contributed by atoms with Crippen LogP contribution in [0.4, 0.5) is 0 Å². The molecule has 0 amide bonds. The van der Waals surface area contributed by atoms with Gasteiger partial charge in [0.15, 0.2) is 6.61 Å². The highest BCUT2D eigenvalue weighted by molar-refractivity contribution is 5.84. The summed E-state index contributed by atoms with van der Waals surface area (Å²) in [5, 5.41) is 10.9. The van der Waals surface area contributed by atoms with Crippen LogP contribution in [0.5, 0.6) is 5.75 Å². The lowest BCUT2D eigenvalue weighted by Gasteiger charge is -2.07. The van der Waals surface area contributed by atoms with Crippen LogP contribution in [-0.2, 0) is 11.2 Å². The zero-order chi connectivity index (χ0) is 15.4. The quantitative estimate of drug-likeness (QED) is 0.784. The molecule has 0 bridgehead atoms. The lowest BCUT2D eigenvalue weighted by atomic mass is 10.0. The largest absolute Gasteiger partial charge is 0.482 e. The van der Waals surface area contributed by atoms with E-state index in [1.165, 1.54) is 5.39 Å². The molecule has 110 valence electrons. The normalized spacial score (nSPS) is 10.5. The summed E-state index contributed by atoms with van der Waals surface area (Å²) in [6.45, 7) is -0.329. The number of carboxylic acid groups (broad SMARTS) is 1. The van der Waals surface area contributed by atoms with E-state index in [0.717, 1.165) is 23.1 Å². The molecule has 0 radical (unpaired) electrons. The van der Waals surface area contributed by atoms with E-state index in [0.29, 0.717) is 5.75 Å². The van der Waals surface area contributed by atoms with E-state index < -0.39 is 5.97 Å². The Morgan fingerprint density at radius 1 is 1.05 bits per heavy atom. The number of aliphatic carboxylic acids is 1. The maximum Gasteiger partial charge on any atom is 0.341 e. The molecule has 0 atom stereocenters. The van der Waals surface area contributed by atoms with E-state index in [2.05, 4.69) is 17.1 Å². The van der Waals surface area contributed by atoms with Crippen molar-refractivity contribution in [2.75, 3.05) is 6.61 Å². The van der Waals surface area contributed by atoms with Crippen molar-refractivity contribution in [3.8, 4) is 5.75 Å². The van der Waals surface area contributed by atoms with Crippen molar-refractivity contribution < 1.29 is 14.6 Å². The van der Waals surface area contributed by atoms with E-state index >= 15 is 0 Å². The lowest BCUT2D eigenvalue weighted by Crippen LogP contribution is -2.09. The Kier molecular flexibility index (Phi) is 4.01. The van der Waals surface area contributed by atoms with Crippen molar-refractivity contribution in [1.82, 2.24) is 4.98 Å². The summed E-state index contributed by atoms with van der Waals surface area (Å²) < 4.78 is 5.13. The molecule has 22 heavy (non-hydrogen) atoms. The predicted molar refractivity (Wildman–Crippen MR) is 84.1 cm³/mol. The zero-order valence-corrected chi connectivity index (χ0v) is 11.9. The third-order valence-corrected chi connectivity index (χ3v) is 3.41. The van der Waals surface area contributed by atoms with Crippen LogP contribution in [0.3, 0.4) is 0 Å². The molecule has 0 aliphatic heterocycles. The number of hydrogen-bond donors (Lipinski definition) is 1. The summed E-state index contributed by atoms with van der Waals surface area (Å²) in [7, 11) is 0. The Balaban J connectivity index is 1.79. The lowest BCUT2D eigenvalue weighted by molar-refractivity contribution is -0.139. The molecule has 0 saturated carbocycles. The maximum absolute atomic E-state index is 10.5. The van der Waals surface area contributed by atoms with Crippen molar-refractivity contribution in [3.63, 3.8) is 0 Å². The van der Waals surface area contributed by atoms with E-state index in [1.54, 1.807) is 12.1 Å². The third kappa shape index (κ3) is 3.23. The fourth-order valence-electron chi connectivity index (χ4n) is 2.37. The molecule has 1 heterocycles. The van der Waals surface area contributed by atoms with Crippen LogP contribution in [-0.4, -0.2) is 22.7 Å². The molecule has 1 N–H and O–H groups in total. The second-order valence-corrected chi connectivity index (χ2v) is 4.98. The van der Waals surface area contributed by atoms with Gasteiger partial charge in [-0.15, -0.1) is 0 Å². The molecule has 0 saturated heterocycles. The smallest absolute Gasteiger partial charge is 0.341 e. The molecular formula is C18H15NO3. The van der Waals surface area contributed by atoms with Crippen molar-refractivity contribution in [3.05, 3.63) is 72.1 Å². The van der Waals surface area contributed by atoms with Crippen LogP contribution >= 0.6 is 0 Å². The molecule has 0 unspecified atom stereocenters. The maximum atomic E-state index is 10.5. The molecule has 0 fully saturated rings. The topological polar surface area (TPSA) is 59.4 Å². The SMILES string of the molecule is O=C(O)COc1ccc(Cc2nccc3ccccc23)cc1. The van der Waals surface area contributed by atoms with Crippen LogP contribution in [0, 0.1) is 0 Å². The van der Waals surface area contributed by atoms with Crippen LogP contribution < -0.4 is 4.74 Å². The standard InChI is InChI=1S/C18H15NO3/c20-18(21)12-22-15-7-5-13(6-8-15)11-17-16-4-2-1-3-14(16)9-10-19-17/h1-10H,11-12H2,(H,20,21). The number of pyridine rings is 1. The van der Waals surface area contributed by atoms with Gasteiger partial charge in [-0.1, -0.05) is 36.4 Å². The van der Waals surface area contributed by atoms with Gasteiger partial charge in [0.2, 0.25) is 0 Å². The number of nitrogens with zero attached hydrogens (tertiary/aromatic N) is 1. The van der Waals surface area contributed by atoms with Crippen LogP contribution in [0.1, 0.15) is 11.3 Å². The van der Waals surface area contributed by atoms with Gasteiger partial charge in [0, 0.05) is 18.0 Å². The number of hydrogen-bond acceptors (Lipinski definition) is 3. The Morgan fingerprint density at radius 3 is 2.59 bits per heavy atom. The second kappa shape index (κ2) is 6.26. The molecule has 3 aromatic rings. The van der Waals surface area contributed by atoms with Crippen molar-refractivity contribution >= 4 is 16.7 Å². The van der Waals surface area contributed by atoms with Crippen LogP contribution in [0.15, 0.2) is 60.8 Å². The van der Waals surface area contributed by atoms with Gasteiger partial charge < -0.3 is 9.84 Å². The average Bonchev–Trinajstić information content (AvgIpc) is 2.54. The molecule has 3 rings (SSSR count). The summed E-state index contributed by atoms with van der Waals surface area (Å²) in [6.07, 6.45) is 2.54. The summed E-state index contributed by atoms with van der Waals surface area (Å²) in [5.74, 6) is -0.430. The van der Waals surface area contributed by atoms with E-state index in [1.807, 2.05) is 36.5 Å². The highest BCUT2D eigenvalue weighted by atomic mass is 16.5. The van der Waals surface area contributed by atoms with Gasteiger partial charge in [0.25, 0.3) is 0 Å². The number of rotatable bonds is 5. The number of carbonyl (C=O) groups is 1. The van der Waals surface area contributed by atoms with Gasteiger partial charge in [-0.25, -0.2) is 4.79 Å². The molecule has 1 aromatic heterocycles. The van der Waals surface area contributed by atoms with Crippen molar-refractivity contribution in [2.45, 2.75) is 6.42 Å². The van der Waals surface area contributed by atoms with Gasteiger partial charge >= 0.3 is 5.97 Å². The number of ether oxygens (including phenoxy) is 1. The Morgan fingerprint density at radius 2 is 1.82 bits per heavy atom. The summed E-state index contributed by atoms with van der Waals surface area (Å²) in [6, 6.07) is 17.6.